The summed E-state index contributed by atoms with van der Waals surface area (Å²) in [5, 5.41) is 14.4. The zero-order valence-electron chi connectivity index (χ0n) is 21.7. The van der Waals surface area contributed by atoms with Gasteiger partial charge in [0.2, 0.25) is 5.95 Å². The van der Waals surface area contributed by atoms with Crippen LogP contribution in [0.25, 0.3) is 11.0 Å². The lowest BCUT2D eigenvalue weighted by atomic mass is 10.0. The fourth-order valence-electron chi connectivity index (χ4n) is 5.28. The first-order valence-electron chi connectivity index (χ1n) is 12.8. The van der Waals surface area contributed by atoms with Gasteiger partial charge in [-0.1, -0.05) is 18.2 Å². The number of sulfone groups is 1. The van der Waals surface area contributed by atoms with Crippen LogP contribution in [0.5, 0.6) is 0 Å². The number of halogens is 1. The molecule has 13 heteroatoms. The number of ether oxygens (including phenoxy) is 1. The largest absolute Gasteiger partial charge is 0.469 e. The maximum Gasteiger partial charge on any atom is 0.310 e. The van der Waals surface area contributed by atoms with Crippen molar-refractivity contribution in [3.63, 3.8) is 0 Å². The maximum absolute atomic E-state index is 14.7. The number of aliphatic hydroxyl groups is 1. The normalized spacial score (nSPS) is 19.6. The van der Waals surface area contributed by atoms with Gasteiger partial charge in [-0.3, -0.25) is 4.79 Å². The van der Waals surface area contributed by atoms with Gasteiger partial charge < -0.3 is 24.6 Å². The highest BCUT2D eigenvalue weighted by molar-refractivity contribution is 7.91. The summed E-state index contributed by atoms with van der Waals surface area (Å²) in [7, 11) is -2.41. The lowest BCUT2D eigenvalue weighted by Crippen LogP contribution is -2.38. The second-order valence-corrected chi connectivity index (χ2v) is 12.2. The van der Waals surface area contributed by atoms with Gasteiger partial charge in [0, 0.05) is 18.7 Å². The summed E-state index contributed by atoms with van der Waals surface area (Å²) in [4.78, 5) is 26.9. The molecule has 2 aromatic carbocycles. The van der Waals surface area contributed by atoms with Crippen LogP contribution < -0.4 is 10.2 Å². The number of methoxy groups -OCH3 is 1. The number of imidazole rings is 1. The first kappa shape index (κ1) is 26.1. The van der Waals surface area contributed by atoms with Crippen molar-refractivity contribution in [3.05, 3.63) is 65.9 Å². The van der Waals surface area contributed by atoms with Crippen LogP contribution in [0.3, 0.4) is 0 Å². The first-order valence-corrected chi connectivity index (χ1v) is 14.4. The highest BCUT2D eigenvalue weighted by Gasteiger charge is 2.40. The van der Waals surface area contributed by atoms with Crippen molar-refractivity contribution >= 4 is 44.3 Å². The predicted octanol–water partition coefficient (Wildman–Crippen LogP) is 2.40. The topological polar surface area (TPSA) is 140 Å². The van der Waals surface area contributed by atoms with Gasteiger partial charge in [0.05, 0.1) is 55.4 Å². The van der Waals surface area contributed by atoms with E-state index in [9.17, 15) is 22.7 Å². The molecule has 40 heavy (non-hydrogen) atoms. The van der Waals surface area contributed by atoms with Crippen molar-refractivity contribution in [1.82, 2.24) is 19.5 Å². The summed E-state index contributed by atoms with van der Waals surface area (Å²) in [6.07, 6.45) is 2.16. The molecule has 11 nitrogen and oxygen atoms in total. The van der Waals surface area contributed by atoms with Crippen LogP contribution in [0.1, 0.15) is 17.7 Å². The minimum absolute atomic E-state index is 0.00496. The minimum Gasteiger partial charge on any atom is -0.469 e. The molecule has 2 aliphatic rings. The van der Waals surface area contributed by atoms with E-state index in [1.54, 1.807) is 12.4 Å². The highest BCUT2D eigenvalue weighted by atomic mass is 32.2. The highest BCUT2D eigenvalue weighted by Crippen LogP contribution is 2.36. The Morgan fingerprint density at radius 2 is 2.05 bits per heavy atom. The first-order chi connectivity index (χ1) is 19.1. The molecule has 1 atom stereocenters. The molecule has 0 saturated carbocycles. The molecular formula is C27H27FN6O5S. The second kappa shape index (κ2) is 9.82. The number of anilines is 3. The Morgan fingerprint density at radius 3 is 2.85 bits per heavy atom. The van der Waals surface area contributed by atoms with Gasteiger partial charge in [0.1, 0.15) is 16.3 Å². The SMILES string of the molecule is COC(=O)Cc1ccc(Nc2nc(N3CCC(O)(Cn4cnc5ccccc54)C3)nc3c2S(=O)(=O)CC3)cc1F. The average molecular weight is 567 g/mol. The van der Waals surface area contributed by atoms with E-state index in [2.05, 4.69) is 25.0 Å². The van der Waals surface area contributed by atoms with Crippen molar-refractivity contribution < 1.29 is 27.4 Å². The summed E-state index contributed by atoms with van der Waals surface area (Å²) >= 11 is 0. The molecule has 1 fully saturated rings. The number of aromatic nitrogens is 4. The van der Waals surface area contributed by atoms with E-state index >= 15 is 0 Å². The van der Waals surface area contributed by atoms with E-state index in [4.69, 9.17) is 0 Å². The minimum atomic E-state index is -3.63. The van der Waals surface area contributed by atoms with Crippen LogP contribution in [-0.2, 0) is 38.8 Å². The Bertz CT molecular complexity index is 1740. The molecule has 4 heterocycles. The fourth-order valence-corrected chi connectivity index (χ4v) is 6.85. The predicted molar refractivity (Wildman–Crippen MR) is 145 cm³/mol. The monoisotopic (exact) mass is 566 g/mol. The third-order valence-electron chi connectivity index (χ3n) is 7.33. The number of para-hydroxylation sites is 2. The van der Waals surface area contributed by atoms with Gasteiger partial charge in [0.25, 0.3) is 0 Å². The molecule has 2 N–H and O–H groups in total. The number of nitrogens with zero attached hydrogens (tertiary/aromatic N) is 5. The number of carbonyl (C=O) groups excluding carboxylic acids is 1. The molecule has 1 unspecified atom stereocenters. The van der Waals surface area contributed by atoms with Crippen molar-refractivity contribution in [2.45, 2.75) is 36.3 Å². The third-order valence-corrected chi connectivity index (χ3v) is 9.12. The molecule has 0 aliphatic carbocycles. The molecule has 0 bridgehead atoms. The van der Waals surface area contributed by atoms with Crippen LogP contribution in [0.15, 0.2) is 53.7 Å². The lowest BCUT2D eigenvalue weighted by molar-refractivity contribution is -0.139. The van der Waals surface area contributed by atoms with E-state index < -0.39 is 27.2 Å². The van der Waals surface area contributed by atoms with E-state index in [0.29, 0.717) is 25.2 Å². The molecule has 0 spiro atoms. The number of benzene rings is 2. The van der Waals surface area contributed by atoms with Gasteiger partial charge in [0.15, 0.2) is 15.7 Å². The van der Waals surface area contributed by atoms with Gasteiger partial charge in [-0.25, -0.2) is 22.8 Å². The molecule has 208 valence electrons. The zero-order chi connectivity index (χ0) is 28.1. The van der Waals surface area contributed by atoms with Gasteiger partial charge in [-0.2, -0.15) is 4.98 Å². The standard InChI is InChI=1S/C27H27FN6O5S/c1-39-23(35)12-17-6-7-18(13-19(17)28)30-25-24-21(8-11-40(24,37)38)31-26(32-25)33-10-9-27(36,14-33)15-34-16-29-20-4-2-3-5-22(20)34/h2-7,13,16,36H,8-12,14-15H2,1H3,(H,30,31,32). The van der Waals surface area contributed by atoms with Crippen LogP contribution in [0, 0.1) is 5.82 Å². The Labute approximate surface area is 229 Å². The number of esters is 1. The van der Waals surface area contributed by atoms with E-state index in [1.807, 2.05) is 33.7 Å². The molecule has 2 aromatic heterocycles. The summed E-state index contributed by atoms with van der Waals surface area (Å²) in [6.45, 7) is 1.03. The number of nitrogens with one attached hydrogen (secondary N) is 1. The number of rotatable bonds is 7. The molecule has 1 saturated heterocycles. The van der Waals surface area contributed by atoms with Crippen molar-refractivity contribution in [2.75, 3.05) is 36.2 Å². The smallest absolute Gasteiger partial charge is 0.310 e. The molecule has 4 aromatic rings. The van der Waals surface area contributed by atoms with E-state index in [-0.39, 0.29) is 53.1 Å². The van der Waals surface area contributed by atoms with Crippen LogP contribution in [0.4, 0.5) is 21.8 Å². The maximum atomic E-state index is 14.7. The lowest BCUT2D eigenvalue weighted by Gasteiger charge is -2.24. The Balaban J connectivity index is 1.28. The second-order valence-electron chi connectivity index (χ2n) is 10.2. The number of β-amino-alcohol motifs (C(OH)–C–C–N with tert-alkyl or cyclic N) is 1. The van der Waals surface area contributed by atoms with Crippen molar-refractivity contribution in [2.24, 2.45) is 0 Å². The summed E-state index contributed by atoms with van der Waals surface area (Å²) < 4.78 is 46.9. The number of hydrogen-bond acceptors (Lipinski definition) is 10. The summed E-state index contributed by atoms with van der Waals surface area (Å²) in [5.74, 6) is -0.975. The quantitative estimate of drug-likeness (QED) is 0.321. The van der Waals surface area contributed by atoms with Gasteiger partial charge in [-0.15, -0.1) is 0 Å². The molecular weight excluding hydrogens is 539 g/mol. The number of hydrogen-bond donors (Lipinski definition) is 2. The Morgan fingerprint density at radius 1 is 1.23 bits per heavy atom. The average Bonchev–Trinajstić information content (AvgIpc) is 3.61. The zero-order valence-corrected chi connectivity index (χ0v) is 22.5. The summed E-state index contributed by atoms with van der Waals surface area (Å²) in [6, 6.07) is 11.9. The van der Waals surface area contributed by atoms with E-state index in [1.165, 1.54) is 19.2 Å². The van der Waals surface area contributed by atoms with Crippen LogP contribution in [-0.4, -0.2) is 70.6 Å². The Kier molecular flexibility index (Phi) is 6.42. The van der Waals surface area contributed by atoms with Crippen molar-refractivity contribution in [3.8, 4) is 0 Å². The summed E-state index contributed by atoms with van der Waals surface area (Å²) in [5.41, 5.74) is 1.49. The molecule has 6 rings (SSSR count). The molecule has 0 amide bonds. The number of fused-ring (bicyclic) bond motifs is 2. The van der Waals surface area contributed by atoms with E-state index in [0.717, 1.165) is 11.0 Å². The number of aryl methyl sites for hydroxylation is 1. The molecule has 0 radical (unpaired) electrons. The molecule has 2 aliphatic heterocycles. The Hall–Kier alpha value is -4.10. The van der Waals surface area contributed by atoms with Gasteiger partial charge in [-0.05, 0) is 36.2 Å². The van der Waals surface area contributed by atoms with Crippen molar-refractivity contribution in [1.29, 1.82) is 0 Å². The number of carbonyl (C=O) groups is 1. The fraction of sp³-hybridized carbons (Fsp3) is 0.333. The van der Waals surface area contributed by atoms with Crippen LogP contribution in [0.2, 0.25) is 0 Å². The van der Waals surface area contributed by atoms with Crippen LogP contribution >= 0.6 is 0 Å². The van der Waals surface area contributed by atoms with Gasteiger partial charge >= 0.3 is 5.97 Å². The third kappa shape index (κ3) is 4.86.